The molecule has 450 valence electrons. The Balaban J connectivity index is 3.91. The van der Waals surface area contributed by atoms with Crippen LogP contribution in [-0.2, 0) is 18.4 Å². The van der Waals surface area contributed by atoms with Gasteiger partial charge in [-0.2, -0.15) is 0 Å². The summed E-state index contributed by atoms with van der Waals surface area (Å²) in [4.78, 5) is 25.5. The van der Waals surface area contributed by atoms with Crippen LogP contribution in [0.1, 0.15) is 335 Å². The Hall–Kier alpha value is -1.28. The van der Waals surface area contributed by atoms with E-state index >= 15 is 0 Å². The number of carbonyl (C=O) groups excluding carboxylic acids is 1. The van der Waals surface area contributed by atoms with Crippen LogP contribution in [0.5, 0.6) is 0 Å². The summed E-state index contributed by atoms with van der Waals surface area (Å²) in [6, 6.07) is -0.885. The van der Waals surface area contributed by atoms with Crippen LogP contribution in [0.15, 0.2) is 36.5 Å². The highest BCUT2D eigenvalue weighted by Crippen LogP contribution is 2.38. The first-order valence-corrected chi connectivity index (χ1v) is 34.8. The minimum atomic E-state index is -4.60. The number of unbranched alkanes of at least 4 members (excludes halogenated alkanes) is 45. The molecule has 3 unspecified atom stereocenters. The quantitative estimate of drug-likeness (QED) is 0.0272. The van der Waals surface area contributed by atoms with Crippen molar-refractivity contribution in [2.24, 2.45) is 0 Å². The molecule has 1 amide bonds. The zero-order valence-electron chi connectivity index (χ0n) is 51.5. The van der Waals surface area contributed by atoms with Gasteiger partial charge in [-0.15, -0.1) is 0 Å². The molecule has 9 heteroatoms. The molecule has 76 heavy (non-hydrogen) atoms. The maximum absolute atomic E-state index is 13.0. The van der Waals surface area contributed by atoms with Crippen LogP contribution in [0, 0.1) is 0 Å². The summed E-state index contributed by atoms with van der Waals surface area (Å²) in [5, 5.41) is 13.9. The molecule has 0 rings (SSSR count). The third-order valence-electron chi connectivity index (χ3n) is 15.3. The number of phosphoric acid groups is 1. The van der Waals surface area contributed by atoms with Gasteiger partial charge < -0.3 is 28.8 Å². The lowest BCUT2D eigenvalue weighted by atomic mass is 10.0. The van der Waals surface area contributed by atoms with E-state index in [9.17, 15) is 19.4 Å². The monoisotopic (exact) mass is 1090 g/mol. The van der Waals surface area contributed by atoms with Crippen LogP contribution in [0.4, 0.5) is 0 Å². The van der Waals surface area contributed by atoms with Crippen molar-refractivity contribution in [3.8, 4) is 0 Å². The summed E-state index contributed by atoms with van der Waals surface area (Å²) in [5.41, 5.74) is 0. The van der Waals surface area contributed by atoms with Gasteiger partial charge in [-0.25, -0.2) is 0 Å². The van der Waals surface area contributed by atoms with Crippen LogP contribution < -0.4 is 10.2 Å². The first-order valence-electron chi connectivity index (χ1n) is 33.4. The van der Waals surface area contributed by atoms with Crippen molar-refractivity contribution >= 4 is 13.7 Å². The van der Waals surface area contributed by atoms with E-state index in [2.05, 4.69) is 43.5 Å². The Morgan fingerprint density at radius 3 is 1.09 bits per heavy atom. The number of rotatable bonds is 62. The van der Waals surface area contributed by atoms with E-state index in [1.165, 1.54) is 270 Å². The molecule has 0 fully saturated rings. The molecule has 0 saturated carbocycles. The van der Waals surface area contributed by atoms with Crippen LogP contribution in [-0.4, -0.2) is 68.5 Å². The molecular weight excluding hydrogens is 960 g/mol. The Labute approximate surface area is 474 Å². The Morgan fingerprint density at radius 2 is 0.763 bits per heavy atom. The standard InChI is InChI=1S/C67H131N2O6P/c1-6-8-10-12-14-16-18-20-22-23-24-25-26-27-28-29-30-31-32-33-34-35-36-37-38-39-40-41-42-43-44-45-47-49-51-53-55-57-59-61-67(71)68-65(64-75-76(72,73)74-63-62-69(3,4)5)66(70)60-58-56-54-52-50-48-46-21-19-17-15-13-11-9-7-2/h30-31,33-34,58,60,65-66,70H,6-29,32,35-57,59,61-64H2,1-5H3,(H-,68,71,72,73)/b31-30-,34-33-,60-58+. The molecule has 3 atom stereocenters. The van der Waals surface area contributed by atoms with E-state index in [0.717, 1.165) is 44.9 Å². The molecule has 2 N–H and O–H groups in total. The van der Waals surface area contributed by atoms with E-state index in [0.29, 0.717) is 17.4 Å². The number of nitrogens with zero attached hydrogens (tertiary/aromatic N) is 1. The number of aliphatic hydroxyl groups is 1. The Kier molecular flexibility index (Phi) is 57.4. The second-order valence-electron chi connectivity index (χ2n) is 24.2. The Morgan fingerprint density at radius 1 is 0.461 bits per heavy atom. The number of hydrogen-bond acceptors (Lipinski definition) is 6. The zero-order chi connectivity index (χ0) is 55.6. The molecule has 0 bridgehead atoms. The van der Waals surface area contributed by atoms with Gasteiger partial charge in [0, 0.05) is 6.42 Å². The van der Waals surface area contributed by atoms with Crippen LogP contribution >= 0.6 is 7.82 Å². The van der Waals surface area contributed by atoms with Crippen molar-refractivity contribution in [2.75, 3.05) is 40.9 Å². The number of carbonyl (C=O) groups is 1. The largest absolute Gasteiger partial charge is 0.756 e. The highest BCUT2D eigenvalue weighted by molar-refractivity contribution is 7.45. The van der Waals surface area contributed by atoms with E-state index in [-0.39, 0.29) is 19.1 Å². The number of nitrogens with one attached hydrogen (secondary N) is 1. The van der Waals surface area contributed by atoms with E-state index in [1.54, 1.807) is 6.08 Å². The smallest absolute Gasteiger partial charge is 0.268 e. The number of likely N-dealkylation sites (N-methyl/N-ethyl adjacent to an activating group) is 1. The molecule has 0 spiro atoms. The maximum Gasteiger partial charge on any atom is 0.268 e. The predicted octanol–water partition coefficient (Wildman–Crippen LogP) is 20.3. The average molecular weight is 1090 g/mol. The maximum atomic E-state index is 13.0. The number of amides is 1. The zero-order valence-corrected chi connectivity index (χ0v) is 52.4. The molecule has 0 heterocycles. The third-order valence-corrected chi connectivity index (χ3v) is 16.3. The lowest BCUT2D eigenvalue weighted by Crippen LogP contribution is -2.45. The van der Waals surface area contributed by atoms with Gasteiger partial charge in [-0.1, -0.05) is 314 Å². The summed E-state index contributed by atoms with van der Waals surface area (Å²) in [6.45, 7) is 4.69. The average Bonchev–Trinajstić information content (AvgIpc) is 3.38. The fourth-order valence-corrected chi connectivity index (χ4v) is 10.9. The topological polar surface area (TPSA) is 108 Å². The molecule has 0 saturated heterocycles. The minimum Gasteiger partial charge on any atom is -0.756 e. The van der Waals surface area contributed by atoms with Crippen LogP contribution in [0.2, 0.25) is 0 Å². The fourth-order valence-electron chi connectivity index (χ4n) is 10.1. The van der Waals surface area contributed by atoms with Gasteiger partial charge in [0.1, 0.15) is 13.2 Å². The summed E-state index contributed by atoms with van der Waals surface area (Å²) in [7, 11) is 1.27. The minimum absolute atomic E-state index is 0.000413. The molecule has 0 aromatic rings. The molecule has 0 aromatic heterocycles. The summed E-state index contributed by atoms with van der Waals surface area (Å²) >= 11 is 0. The second-order valence-corrected chi connectivity index (χ2v) is 25.6. The first-order chi connectivity index (χ1) is 37.0. The van der Waals surface area contributed by atoms with Gasteiger partial charge >= 0.3 is 0 Å². The second kappa shape index (κ2) is 58.4. The summed E-state index contributed by atoms with van der Waals surface area (Å²) in [6.07, 6.45) is 77.0. The van der Waals surface area contributed by atoms with Crippen molar-refractivity contribution < 1.29 is 32.9 Å². The van der Waals surface area contributed by atoms with Crippen LogP contribution in [0.3, 0.4) is 0 Å². The summed E-state index contributed by atoms with van der Waals surface area (Å²) < 4.78 is 23.4. The van der Waals surface area contributed by atoms with Crippen molar-refractivity contribution in [2.45, 2.75) is 347 Å². The SMILES string of the molecule is CCCCCCCCCCCCCCC/C=C/C(O)C(COP(=O)([O-])OCC[N+](C)(C)C)NC(=O)CCCCCCCCCCCCCCCCCCC/C=C\C/C=C\CCCCCCCCCCCCCCCCC. The van der Waals surface area contributed by atoms with Crippen molar-refractivity contribution in [1.29, 1.82) is 0 Å². The Bertz CT molecular complexity index is 1330. The molecule has 0 radical (unpaired) electrons. The van der Waals surface area contributed by atoms with Gasteiger partial charge in [0.2, 0.25) is 5.91 Å². The van der Waals surface area contributed by atoms with Crippen LogP contribution in [0.25, 0.3) is 0 Å². The van der Waals surface area contributed by atoms with Gasteiger partial charge in [0.25, 0.3) is 7.82 Å². The van der Waals surface area contributed by atoms with Gasteiger partial charge in [-0.05, 0) is 51.4 Å². The third kappa shape index (κ3) is 60.4. The fraction of sp³-hybridized carbons (Fsp3) is 0.896. The molecule has 8 nitrogen and oxygen atoms in total. The number of allylic oxidation sites excluding steroid dienone is 5. The molecular formula is C67H131N2O6P. The first kappa shape index (κ1) is 74.7. The lowest BCUT2D eigenvalue weighted by molar-refractivity contribution is -0.870. The van der Waals surface area contributed by atoms with Crippen molar-refractivity contribution in [3.05, 3.63) is 36.5 Å². The van der Waals surface area contributed by atoms with Gasteiger partial charge in [0.15, 0.2) is 0 Å². The number of phosphoric ester groups is 1. The predicted molar refractivity (Wildman–Crippen MR) is 330 cm³/mol. The number of quaternary nitrogens is 1. The molecule has 0 aliphatic heterocycles. The van der Waals surface area contributed by atoms with Crippen molar-refractivity contribution in [3.63, 3.8) is 0 Å². The van der Waals surface area contributed by atoms with Gasteiger partial charge in [0.05, 0.1) is 39.9 Å². The summed E-state index contributed by atoms with van der Waals surface area (Å²) in [5.74, 6) is -0.193. The molecule has 0 aliphatic rings. The van der Waals surface area contributed by atoms with Crippen molar-refractivity contribution in [1.82, 2.24) is 5.32 Å². The number of aliphatic hydroxyl groups excluding tert-OH is 1. The highest BCUT2D eigenvalue weighted by atomic mass is 31.2. The van der Waals surface area contributed by atoms with E-state index in [1.807, 2.05) is 27.2 Å². The highest BCUT2D eigenvalue weighted by Gasteiger charge is 2.23. The normalized spacial score (nSPS) is 13.9. The lowest BCUT2D eigenvalue weighted by Gasteiger charge is -2.29. The number of hydrogen-bond donors (Lipinski definition) is 2. The van der Waals surface area contributed by atoms with E-state index in [4.69, 9.17) is 9.05 Å². The van der Waals surface area contributed by atoms with Gasteiger partial charge in [-0.3, -0.25) is 9.36 Å². The van der Waals surface area contributed by atoms with E-state index < -0.39 is 20.0 Å². The molecule has 0 aliphatic carbocycles. The molecule has 0 aromatic carbocycles.